The number of benzene rings is 1. The van der Waals surface area contributed by atoms with Gasteiger partial charge in [0, 0.05) is 13.2 Å². The smallest absolute Gasteiger partial charge is 0.333 e. The van der Waals surface area contributed by atoms with Crippen LogP contribution in [-0.4, -0.2) is 47.1 Å². The molecule has 3 heterocycles. The first-order chi connectivity index (χ1) is 19.7. The number of carbonyl (C=O) groups excluding carboxylic acids is 1. The first kappa shape index (κ1) is 31.4. The maximum Gasteiger partial charge on any atom is 0.333 e. The van der Waals surface area contributed by atoms with Gasteiger partial charge in [-0.2, -0.15) is 5.26 Å². The van der Waals surface area contributed by atoms with E-state index < -0.39 is 40.3 Å². The minimum atomic E-state index is -1.72. The third-order valence-corrected chi connectivity index (χ3v) is 8.42. The predicted octanol–water partition coefficient (Wildman–Crippen LogP) is 4.57. The third-order valence-electron chi connectivity index (χ3n) is 7.20. The fourth-order valence-corrected chi connectivity index (χ4v) is 6.12. The lowest BCUT2D eigenvalue weighted by Crippen LogP contribution is -2.54. The summed E-state index contributed by atoms with van der Waals surface area (Å²) in [6.45, 7) is 10.3. The Kier molecular flexibility index (Phi) is 8.97. The highest BCUT2D eigenvalue weighted by Gasteiger charge is 2.39. The van der Waals surface area contributed by atoms with Crippen LogP contribution in [0, 0.1) is 24.1 Å². The van der Waals surface area contributed by atoms with Gasteiger partial charge in [-0.15, -0.1) is 11.3 Å². The van der Waals surface area contributed by atoms with Crippen LogP contribution in [0.5, 0.6) is 5.75 Å². The highest BCUT2D eigenvalue weighted by molar-refractivity contribution is 7.19. The van der Waals surface area contributed by atoms with Crippen LogP contribution in [0.3, 0.4) is 0 Å². The Bertz CT molecular complexity index is 1650. The number of ether oxygens (including phenoxy) is 4. The normalized spacial score (nSPS) is 15.4. The van der Waals surface area contributed by atoms with Gasteiger partial charge >= 0.3 is 11.7 Å². The Morgan fingerprint density at radius 1 is 1.21 bits per heavy atom. The standard InChI is InChI=1S/C30H36FN3O7S/c1-17-22(15-32)42-26-23(17)25(35)34(30(5,6)27(36)41-29(2,3)4)28(37)33(26)16-21(40-18-11-13-39-14-12-18)24-19(31)9-8-10-20(24)38-7/h8-10,18,21H,11-14,16H2,1-7H3. The van der Waals surface area contributed by atoms with Crippen LogP contribution in [0.4, 0.5) is 4.39 Å². The number of thiophene rings is 1. The molecule has 0 radical (unpaired) electrons. The Morgan fingerprint density at radius 2 is 1.88 bits per heavy atom. The second kappa shape index (κ2) is 12.0. The van der Waals surface area contributed by atoms with Crippen LogP contribution in [0.2, 0.25) is 0 Å². The van der Waals surface area contributed by atoms with E-state index in [1.165, 1.54) is 37.7 Å². The molecule has 10 nitrogen and oxygen atoms in total. The van der Waals surface area contributed by atoms with E-state index in [0.717, 1.165) is 15.9 Å². The zero-order valence-electron chi connectivity index (χ0n) is 24.9. The van der Waals surface area contributed by atoms with Crippen molar-refractivity contribution >= 4 is 27.5 Å². The molecule has 2 aromatic heterocycles. The van der Waals surface area contributed by atoms with Crippen LogP contribution in [-0.2, 0) is 31.1 Å². The van der Waals surface area contributed by atoms with Crippen molar-refractivity contribution in [2.24, 2.45) is 0 Å². The van der Waals surface area contributed by atoms with Crippen molar-refractivity contribution in [3.63, 3.8) is 0 Å². The molecule has 1 aliphatic rings. The number of carbonyl (C=O) groups is 1. The molecule has 226 valence electrons. The largest absolute Gasteiger partial charge is 0.496 e. The molecule has 0 spiro atoms. The molecule has 1 atom stereocenters. The molecule has 42 heavy (non-hydrogen) atoms. The minimum absolute atomic E-state index is 0.115. The van der Waals surface area contributed by atoms with Crippen LogP contribution in [0.25, 0.3) is 10.2 Å². The molecule has 0 N–H and O–H groups in total. The molecule has 0 amide bonds. The number of hydrogen-bond acceptors (Lipinski definition) is 9. The van der Waals surface area contributed by atoms with Crippen molar-refractivity contribution in [1.82, 2.24) is 9.13 Å². The lowest BCUT2D eigenvalue weighted by atomic mass is 10.0. The van der Waals surface area contributed by atoms with Crippen molar-refractivity contribution in [2.45, 2.75) is 84.3 Å². The lowest BCUT2D eigenvalue weighted by Gasteiger charge is -2.31. The quantitative estimate of drug-likeness (QED) is 0.345. The number of methoxy groups -OCH3 is 1. The van der Waals surface area contributed by atoms with Gasteiger partial charge in [0.1, 0.15) is 44.6 Å². The summed E-state index contributed by atoms with van der Waals surface area (Å²) in [5.41, 5.74) is -3.63. The summed E-state index contributed by atoms with van der Waals surface area (Å²) >= 11 is 0.986. The second-order valence-corrected chi connectivity index (χ2v) is 12.7. The molecule has 12 heteroatoms. The van der Waals surface area contributed by atoms with E-state index in [-0.39, 0.29) is 39.1 Å². The van der Waals surface area contributed by atoms with Gasteiger partial charge in [-0.05, 0) is 72.1 Å². The molecular weight excluding hydrogens is 565 g/mol. The topological polar surface area (TPSA) is 122 Å². The van der Waals surface area contributed by atoms with E-state index in [1.807, 2.05) is 0 Å². The number of fused-ring (bicyclic) bond motifs is 1. The lowest BCUT2D eigenvalue weighted by molar-refractivity contribution is -0.164. The molecule has 1 aromatic carbocycles. The number of nitrogens with zero attached hydrogens (tertiary/aromatic N) is 3. The van der Waals surface area contributed by atoms with Crippen LogP contribution in [0.1, 0.15) is 69.6 Å². The fourth-order valence-electron chi connectivity index (χ4n) is 5.02. The first-order valence-corrected chi connectivity index (χ1v) is 14.5. The highest BCUT2D eigenvalue weighted by Crippen LogP contribution is 2.35. The maximum atomic E-state index is 15.4. The number of aromatic nitrogens is 2. The van der Waals surface area contributed by atoms with E-state index in [4.69, 9.17) is 18.9 Å². The Morgan fingerprint density at radius 3 is 2.48 bits per heavy atom. The average Bonchev–Trinajstić information content (AvgIpc) is 3.26. The van der Waals surface area contributed by atoms with Crippen molar-refractivity contribution in [3.8, 4) is 11.8 Å². The molecule has 0 aliphatic carbocycles. The van der Waals surface area contributed by atoms with Gasteiger partial charge in [0.05, 0.1) is 30.7 Å². The number of rotatable bonds is 8. The second-order valence-electron chi connectivity index (χ2n) is 11.7. The maximum absolute atomic E-state index is 15.4. The fraction of sp³-hybridized carbons (Fsp3) is 0.533. The van der Waals surface area contributed by atoms with E-state index in [0.29, 0.717) is 31.6 Å². The van der Waals surface area contributed by atoms with Gasteiger partial charge < -0.3 is 18.9 Å². The molecular formula is C30H36FN3O7S. The molecule has 0 saturated carbocycles. The number of halogens is 1. The van der Waals surface area contributed by atoms with Gasteiger partial charge in [0.2, 0.25) is 0 Å². The predicted molar refractivity (Wildman–Crippen MR) is 156 cm³/mol. The Balaban J connectivity index is 1.99. The number of aryl methyl sites for hydroxylation is 1. The molecule has 0 bridgehead atoms. The van der Waals surface area contributed by atoms with Crippen molar-refractivity contribution < 1.29 is 28.1 Å². The van der Waals surface area contributed by atoms with Gasteiger partial charge in [-0.25, -0.2) is 18.5 Å². The van der Waals surface area contributed by atoms with E-state index in [2.05, 4.69) is 6.07 Å². The van der Waals surface area contributed by atoms with Gasteiger partial charge in [-0.1, -0.05) is 6.07 Å². The summed E-state index contributed by atoms with van der Waals surface area (Å²) in [6, 6.07) is 6.49. The Hall–Kier alpha value is -3.53. The van der Waals surface area contributed by atoms with Crippen molar-refractivity contribution in [3.05, 3.63) is 60.9 Å². The highest BCUT2D eigenvalue weighted by atomic mass is 32.1. The first-order valence-electron chi connectivity index (χ1n) is 13.7. The molecule has 1 fully saturated rings. The van der Waals surface area contributed by atoms with E-state index >= 15 is 4.39 Å². The molecule has 4 rings (SSSR count). The summed E-state index contributed by atoms with van der Waals surface area (Å²) in [6.07, 6.45) is -0.171. The Labute approximate surface area is 247 Å². The van der Waals surface area contributed by atoms with Gasteiger partial charge in [-0.3, -0.25) is 9.36 Å². The van der Waals surface area contributed by atoms with Crippen molar-refractivity contribution in [1.29, 1.82) is 5.26 Å². The minimum Gasteiger partial charge on any atom is -0.496 e. The van der Waals surface area contributed by atoms with Crippen LogP contribution < -0.4 is 16.0 Å². The number of nitriles is 1. The number of esters is 1. The van der Waals surface area contributed by atoms with Gasteiger partial charge in [0.25, 0.3) is 5.56 Å². The van der Waals surface area contributed by atoms with Crippen LogP contribution >= 0.6 is 11.3 Å². The summed E-state index contributed by atoms with van der Waals surface area (Å²) < 4.78 is 40.5. The summed E-state index contributed by atoms with van der Waals surface area (Å²) in [4.78, 5) is 42.0. The van der Waals surface area contributed by atoms with E-state index in [1.54, 1.807) is 33.8 Å². The monoisotopic (exact) mass is 601 g/mol. The van der Waals surface area contributed by atoms with Crippen molar-refractivity contribution in [2.75, 3.05) is 20.3 Å². The van der Waals surface area contributed by atoms with Crippen LogP contribution in [0.15, 0.2) is 27.8 Å². The number of hydrogen-bond donors (Lipinski definition) is 0. The average molecular weight is 602 g/mol. The SMILES string of the molecule is COc1cccc(F)c1C(Cn1c(=O)n(C(C)(C)C(=O)OC(C)(C)C)c(=O)c2c(C)c(C#N)sc21)OC1CCOCC1. The van der Waals surface area contributed by atoms with E-state index in [9.17, 15) is 19.6 Å². The third kappa shape index (κ3) is 6.00. The molecule has 1 aliphatic heterocycles. The summed E-state index contributed by atoms with van der Waals surface area (Å²) in [7, 11) is 1.42. The molecule has 1 unspecified atom stereocenters. The molecule has 1 saturated heterocycles. The zero-order valence-corrected chi connectivity index (χ0v) is 25.7. The van der Waals surface area contributed by atoms with Gasteiger partial charge in [0.15, 0.2) is 0 Å². The zero-order chi connectivity index (χ0) is 31.0. The molecule has 3 aromatic rings. The summed E-state index contributed by atoms with van der Waals surface area (Å²) in [5, 5.41) is 9.91. The summed E-state index contributed by atoms with van der Waals surface area (Å²) in [5.74, 6) is -1.13.